The first-order chi connectivity index (χ1) is 9.09. The molecule has 4 rings (SSSR count). The highest BCUT2D eigenvalue weighted by Gasteiger charge is 2.60. The number of aryl methyl sites for hydroxylation is 1. The number of nitrogens with zero attached hydrogens (tertiary/aromatic N) is 2. The SMILES string of the molecule is Cc1noc(N2C(=O)[C@@H]3[C@H](C2=O)[C@@H]2C=C[C@H]3C2)c1C. The van der Waals surface area contributed by atoms with E-state index in [-0.39, 0.29) is 35.5 Å². The second-order valence-electron chi connectivity index (χ2n) is 5.71. The lowest BCUT2D eigenvalue weighted by molar-refractivity contribution is -0.123. The van der Waals surface area contributed by atoms with Crippen LogP contribution < -0.4 is 4.90 Å². The molecule has 0 spiro atoms. The van der Waals surface area contributed by atoms with Crippen LogP contribution in [0.3, 0.4) is 0 Å². The third-order valence-corrected chi connectivity index (χ3v) is 4.81. The van der Waals surface area contributed by atoms with Crippen LogP contribution in [-0.4, -0.2) is 17.0 Å². The fraction of sp³-hybridized carbons (Fsp3) is 0.500. The molecule has 2 heterocycles. The van der Waals surface area contributed by atoms with E-state index in [2.05, 4.69) is 17.3 Å². The molecule has 0 aromatic carbocycles. The summed E-state index contributed by atoms with van der Waals surface area (Å²) < 4.78 is 5.19. The Morgan fingerprint density at radius 1 is 1.16 bits per heavy atom. The van der Waals surface area contributed by atoms with Crippen LogP contribution in [0.2, 0.25) is 0 Å². The van der Waals surface area contributed by atoms with E-state index in [1.165, 1.54) is 4.90 Å². The maximum absolute atomic E-state index is 12.5. The summed E-state index contributed by atoms with van der Waals surface area (Å²) in [5, 5.41) is 3.84. The maximum atomic E-state index is 12.5. The summed E-state index contributed by atoms with van der Waals surface area (Å²) in [7, 11) is 0. The van der Waals surface area contributed by atoms with E-state index in [0.717, 1.165) is 12.0 Å². The fourth-order valence-electron chi connectivity index (χ4n) is 3.71. The van der Waals surface area contributed by atoms with Crippen molar-refractivity contribution in [1.29, 1.82) is 0 Å². The summed E-state index contributed by atoms with van der Waals surface area (Å²) in [5.41, 5.74) is 1.48. The van der Waals surface area contributed by atoms with Gasteiger partial charge in [0.05, 0.1) is 17.5 Å². The van der Waals surface area contributed by atoms with Crippen LogP contribution in [0.15, 0.2) is 16.7 Å². The van der Waals surface area contributed by atoms with E-state index < -0.39 is 0 Å². The van der Waals surface area contributed by atoms with E-state index >= 15 is 0 Å². The standard InChI is InChI=1S/C14H14N2O3/c1-6-7(2)15-19-14(6)16-12(17)10-8-3-4-9(5-8)11(10)13(16)18/h3-4,8-11H,5H2,1-2H3/t8-,9+,10-,11+. The van der Waals surface area contributed by atoms with Gasteiger partial charge in [0.15, 0.2) is 0 Å². The molecule has 2 amide bonds. The lowest BCUT2D eigenvalue weighted by Crippen LogP contribution is -2.33. The van der Waals surface area contributed by atoms with Gasteiger partial charge in [-0.2, -0.15) is 0 Å². The molecule has 5 nitrogen and oxygen atoms in total. The zero-order valence-corrected chi connectivity index (χ0v) is 10.8. The lowest BCUT2D eigenvalue weighted by atomic mass is 9.85. The number of fused-ring (bicyclic) bond motifs is 5. The molecular formula is C14H14N2O3. The highest BCUT2D eigenvalue weighted by molar-refractivity contribution is 6.22. The van der Waals surface area contributed by atoms with E-state index in [1.807, 2.05) is 6.92 Å². The maximum Gasteiger partial charge on any atom is 0.243 e. The molecule has 1 aromatic rings. The molecule has 1 saturated carbocycles. The first-order valence-corrected chi connectivity index (χ1v) is 6.58. The minimum atomic E-state index is -0.188. The van der Waals surface area contributed by atoms with Crippen molar-refractivity contribution in [1.82, 2.24) is 5.16 Å². The quantitative estimate of drug-likeness (QED) is 0.567. The molecule has 3 aliphatic rings. The molecule has 1 aliphatic heterocycles. The molecule has 2 fully saturated rings. The third kappa shape index (κ3) is 1.18. The van der Waals surface area contributed by atoms with Gasteiger partial charge >= 0.3 is 0 Å². The Morgan fingerprint density at radius 3 is 2.21 bits per heavy atom. The summed E-state index contributed by atoms with van der Waals surface area (Å²) in [6.07, 6.45) is 5.10. The number of hydrogen-bond donors (Lipinski definition) is 0. The Bertz CT molecular complexity index is 601. The van der Waals surface area contributed by atoms with E-state index in [9.17, 15) is 9.59 Å². The number of anilines is 1. The first kappa shape index (κ1) is 11.0. The minimum Gasteiger partial charge on any atom is -0.337 e. The Labute approximate surface area is 110 Å². The molecule has 2 bridgehead atoms. The molecule has 2 aliphatic carbocycles. The first-order valence-electron chi connectivity index (χ1n) is 6.58. The van der Waals surface area contributed by atoms with E-state index in [1.54, 1.807) is 6.92 Å². The molecule has 0 unspecified atom stereocenters. The average Bonchev–Trinajstić information content (AvgIpc) is 3.10. The van der Waals surface area contributed by atoms with Gasteiger partial charge in [-0.1, -0.05) is 17.3 Å². The molecule has 19 heavy (non-hydrogen) atoms. The topological polar surface area (TPSA) is 63.4 Å². The number of amides is 2. The van der Waals surface area contributed by atoms with Gasteiger partial charge in [0.2, 0.25) is 17.7 Å². The van der Waals surface area contributed by atoms with Crippen LogP contribution in [0.4, 0.5) is 5.88 Å². The van der Waals surface area contributed by atoms with Crippen LogP contribution in [0.1, 0.15) is 17.7 Å². The summed E-state index contributed by atoms with van der Waals surface area (Å²) in [6, 6.07) is 0. The summed E-state index contributed by atoms with van der Waals surface area (Å²) >= 11 is 0. The van der Waals surface area contributed by atoms with Crippen molar-refractivity contribution in [3.8, 4) is 0 Å². The summed E-state index contributed by atoms with van der Waals surface area (Å²) in [5.74, 6) is 0.139. The normalized spacial score (nSPS) is 35.6. The van der Waals surface area contributed by atoms with Crippen molar-refractivity contribution in [2.75, 3.05) is 4.90 Å². The number of rotatable bonds is 1. The monoisotopic (exact) mass is 258 g/mol. The Balaban J connectivity index is 1.79. The highest BCUT2D eigenvalue weighted by atomic mass is 16.5. The smallest absolute Gasteiger partial charge is 0.243 e. The second kappa shape index (κ2) is 3.35. The van der Waals surface area contributed by atoms with Crippen molar-refractivity contribution < 1.29 is 14.1 Å². The molecule has 1 saturated heterocycles. The van der Waals surface area contributed by atoms with Crippen molar-refractivity contribution in [3.05, 3.63) is 23.4 Å². The zero-order chi connectivity index (χ0) is 13.3. The van der Waals surface area contributed by atoms with Crippen LogP contribution >= 0.6 is 0 Å². The molecule has 0 N–H and O–H groups in total. The summed E-state index contributed by atoms with van der Waals surface area (Å²) in [6.45, 7) is 3.63. The Morgan fingerprint density at radius 2 is 1.74 bits per heavy atom. The zero-order valence-electron chi connectivity index (χ0n) is 10.8. The summed E-state index contributed by atoms with van der Waals surface area (Å²) in [4.78, 5) is 26.3. The average molecular weight is 258 g/mol. The number of carbonyl (C=O) groups is 2. The van der Waals surface area contributed by atoms with Gasteiger partial charge in [0.25, 0.3) is 0 Å². The number of aromatic nitrogens is 1. The molecule has 5 heteroatoms. The second-order valence-corrected chi connectivity index (χ2v) is 5.71. The van der Waals surface area contributed by atoms with Crippen molar-refractivity contribution >= 4 is 17.7 Å². The Hall–Kier alpha value is -1.91. The molecule has 98 valence electrons. The third-order valence-electron chi connectivity index (χ3n) is 4.81. The predicted molar refractivity (Wildman–Crippen MR) is 66.2 cm³/mol. The van der Waals surface area contributed by atoms with Crippen molar-refractivity contribution in [3.63, 3.8) is 0 Å². The Kier molecular flexibility index (Phi) is 1.93. The molecule has 1 aromatic heterocycles. The fourth-order valence-corrected chi connectivity index (χ4v) is 3.71. The van der Waals surface area contributed by atoms with Gasteiger partial charge in [-0.3, -0.25) is 9.59 Å². The van der Waals surface area contributed by atoms with E-state index in [0.29, 0.717) is 11.6 Å². The van der Waals surface area contributed by atoms with Crippen LogP contribution in [0, 0.1) is 37.5 Å². The van der Waals surface area contributed by atoms with Gasteiger partial charge in [-0.15, -0.1) is 0 Å². The lowest BCUT2D eigenvalue weighted by Gasteiger charge is -2.14. The minimum absolute atomic E-state index is 0.119. The molecule has 0 radical (unpaired) electrons. The van der Waals surface area contributed by atoms with Gasteiger partial charge in [0.1, 0.15) is 0 Å². The van der Waals surface area contributed by atoms with Crippen LogP contribution in [0.25, 0.3) is 0 Å². The largest absolute Gasteiger partial charge is 0.337 e. The number of allylic oxidation sites excluding steroid dienone is 2. The number of carbonyl (C=O) groups excluding carboxylic acids is 2. The number of imide groups is 1. The highest BCUT2D eigenvalue weighted by Crippen LogP contribution is 2.53. The van der Waals surface area contributed by atoms with Crippen molar-refractivity contribution in [2.45, 2.75) is 20.3 Å². The van der Waals surface area contributed by atoms with Crippen molar-refractivity contribution in [2.24, 2.45) is 23.7 Å². The molecule has 4 atom stereocenters. The van der Waals surface area contributed by atoms with Gasteiger partial charge in [-0.25, -0.2) is 4.90 Å². The van der Waals surface area contributed by atoms with Crippen LogP contribution in [0.5, 0.6) is 0 Å². The van der Waals surface area contributed by atoms with Gasteiger partial charge < -0.3 is 4.52 Å². The van der Waals surface area contributed by atoms with Gasteiger partial charge in [0, 0.05) is 5.56 Å². The number of hydrogen-bond acceptors (Lipinski definition) is 4. The van der Waals surface area contributed by atoms with Crippen LogP contribution in [-0.2, 0) is 9.59 Å². The van der Waals surface area contributed by atoms with E-state index in [4.69, 9.17) is 4.52 Å². The molecular weight excluding hydrogens is 244 g/mol. The predicted octanol–water partition coefficient (Wildman–Crippen LogP) is 1.60. The van der Waals surface area contributed by atoms with Gasteiger partial charge in [-0.05, 0) is 32.1 Å².